The second-order valence-electron chi connectivity index (χ2n) is 5.75. The van der Waals surface area contributed by atoms with Crippen molar-refractivity contribution in [3.05, 3.63) is 51.4 Å². The van der Waals surface area contributed by atoms with Gasteiger partial charge in [0.15, 0.2) is 11.5 Å². The first-order valence-electron chi connectivity index (χ1n) is 7.67. The van der Waals surface area contributed by atoms with Crippen LogP contribution in [0.25, 0.3) is 0 Å². The first kappa shape index (κ1) is 13.9. The number of aromatic amines is 1. The van der Waals surface area contributed by atoms with Crippen molar-refractivity contribution in [1.82, 2.24) is 4.98 Å². The predicted octanol–water partition coefficient (Wildman–Crippen LogP) is 2.23. The highest BCUT2D eigenvalue weighted by Gasteiger charge is 2.18. The molecule has 1 amide bonds. The molecule has 0 fully saturated rings. The molecule has 23 heavy (non-hydrogen) atoms. The van der Waals surface area contributed by atoms with E-state index in [1.165, 1.54) is 0 Å². The van der Waals surface area contributed by atoms with Crippen LogP contribution >= 0.6 is 0 Å². The monoisotopic (exact) mass is 312 g/mol. The van der Waals surface area contributed by atoms with Crippen LogP contribution in [0.2, 0.25) is 0 Å². The lowest BCUT2D eigenvalue weighted by molar-refractivity contribution is 0.102. The van der Waals surface area contributed by atoms with Crippen LogP contribution < -0.4 is 20.3 Å². The van der Waals surface area contributed by atoms with E-state index in [0.717, 1.165) is 36.9 Å². The second kappa shape index (κ2) is 5.46. The van der Waals surface area contributed by atoms with E-state index in [-0.39, 0.29) is 17.9 Å². The van der Waals surface area contributed by atoms with E-state index in [9.17, 15) is 9.59 Å². The Bertz CT molecular complexity index is 841. The fourth-order valence-corrected chi connectivity index (χ4v) is 3.02. The number of rotatable bonds is 2. The number of hydrogen-bond acceptors (Lipinski definition) is 4. The maximum atomic E-state index is 12.4. The molecule has 1 aromatic carbocycles. The summed E-state index contributed by atoms with van der Waals surface area (Å²) < 4.78 is 10.5. The summed E-state index contributed by atoms with van der Waals surface area (Å²) in [4.78, 5) is 27.4. The normalized spacial score (nSPS) is 15.1. The van der Waals surface area contributed by atoms with Crippen LogP contribution in [0.4, 0.5) is 5.69 Å². The van der Waals surface area contributed by atoms with Crippen LogP contribution in [-0.4, -0.2) is 17.7 Å². The first-order chi connectivity index (χ1) is 11.2. The van der Waals surface area contributed by atoms with E-state index in [4.69, 9.17) is 9.47 Å². The molecule has 0 radical (unpaired) electrons. The fourth-order valence-electron chi connectivity index (χ4n) is 3.02. The predicted molar refractivity (Wildman–Crippen MR) is 84.2 cm³/mol. The zero-order valence-corrected chi connectivity index (χ0v) is 12.5. The number of pyridine rings is 1. The van der Waals surface area contributed by atoms with Gasteiger partial charge >= 0.3 is 0 Å². The average Bonchev–Trinajstić information content (AvgIpc) is 3.01. The lowest BCUT2D eigenvalue weighted by Crippen LogP contribution is -2.26. The lowest BCUT2D eigenvalue weighted by atomic mass is 9.95. The number of H-pyrrole nitrogens is 1. The number of ether oxygens (including phenoxy) is 2. The highest BCUT2D eigenvalue weighted by Crippen LogP contribution is 2.34. The molecule has 0 spiro atoms. The summed E-state index contributed by atoms with van der Waals surface area (Å²) in [6.07, 6.45) is 3.93. The molecular weight excluding hydrogens is 296 g/mol. The summed E-state index contributed by atoms with van der Waals surface area (Å²) in [5, 5.41) is 2.74. The van der Waals surface area contributed by atoms with Gasteiger partial charge < -0.3 is 19.8 Å². The Kier molecular flexibility index (Phi) is 3.29. The van der Waals surface area contributed by atoms with Crippen LogP contribution in [0.1, 0.15) is 34.5 Å². The number of amides is 1. The number of carbonyl (C=O) groups is 1. The molecule has 6 heteroatoms. The van der Waals surface area contributed by atoms with E-state index in [1.54, 1.807) is 24.3 Å². The molecule has 1 aliphatic heterocycles. The van der Waals surface area contributed by atoms with Gasteiger partial charge in [0, 0.05) is 17.4 Å². The SMILES string of the molecule is O=C(Nc1ccc2c(c1)OCO2)c1cc2c([nH]c1=O)CCCC2. The molecule has 2 aromatic rings. The molecule has 6 nitrogen and oxygen atoms in total. The van der Waals surface area contributed by atoms with Gasteiger partial charge in [-0.3, -0.25) is 9.59 Å². The van der Waals surface area contributed by atoms with Gasteiger partial charge in [-0.1, -0.05) is 0 Å². The minimum atomic E-state index is -0.418. The third-order valence-electron chi connectivity index (χ3n) is 4.21. The molecule has 1 aliphatic carbocycles. The summed E-state index contributed by atoms with van der Waals surface area (Å²) in [5.74, 6) is 0.815. The Morgan fingerprint density at radius 3 is 2.83 bits per heavy atom. The number of fused-ring (bicyclic) bond motifs is 2. The molecule has 0 saturated heterocycles. The van der Waals surface area contributed by atoms with Crippen LogP contribution in [0.15, 0.2) is 29.1 Å². The summed E-state index contributed by atoms with van der Waals surface area (Å²) in [7, 11) is 0. The smallest absolute Gasteiger partial charge is 0.261 e. The quantitative estimate of drug-likeness (QED) is 0.891. The second-order valence-corrected chi connectivity index (χ2v) is 5.75. The van der Waals surface area contributed by atoms with Gasteiger partial charge in [0.05, 0.1) is 0 Å². The summed E-state index contributed by atoms with van der Waals surface area (Å²) >= 11 is 0. The number of carbonyl (C=O) groups excluding carboxylic acids is 1. The van der Waals surface area contributed by atoms with Crippen LogP contribution in [0.3, 0.4) is 0 Å². The fraction of sp³-hybridized carbons (Fsp3) is 0.294. The highest BCUT2D eigenvalue weighted by atomic mass is 16.7. The molecule has 118 valence electrons. The van der Waals surface area contributed by atoms with Crippen LogP contribution in [0.5, 0.6) is 11.5 Å². The molecule has 2 N–H and O–H groups in total. The highest BCUT2D eigenvalue weighted by molar-refractivity contribution is 6.04. The van der Waals surface area contributed by atoms with Crippen molar-refractivity contribution < 1.29 is 14.3 Å². The number of nitrogens with one attached hydrogen (secondary N) is 2. The van der Waals surface area contributed by atoms with Gasteiger partial charge in [-0.25, -0.2) is 0 Å². The lowest BCUT2D eigenvalue weighted by Gasteiger charge is -2.16. The van der Waals surface area contributed by atoms with Gasteiger partial charge in [-0.2, -0.15) is 0 Å². The summed E-state index contributed by atoms with van der Waals surface area (Å²) in [5.41, 5.74) is 2.39. The van der Waals surface area contributed by atoms with Crippen molar-refractivity contribution in [3.8, 4) is 11.5 Å². The van der Waals surface area contributed by atoms with Crippen molar-refractivity contribution in [2.75, 3.05) is 12.1 Å². The molecule has 0 unspecified atom stereocenters. The summed E-state index contributed by atoms with van der Waals surface area (Å²) in [6.45, 7) is 0.178. The minimum absolute atomic E-state index is 0.142. The number of aromatic nitrogens is 1. The van der Waals surface area contributed by atoms with Gasteiger partial charge in [-0.15, -0.1) is 0 Å². The molecular formula is C17H16N2O4. The summed E-state index contributed by atoms with van der Waals surface area (Å²) in [6, 6.07) is 6.86. The third kappa shape index (κ3) is 2.56. The van der Waals surface area contributed by atoms with E-state index in [2.05, 4.69) is 10.3 Å². The minimum Gasteiger partial charge on any atom is -0.454 e. The van der Waals surface area contributed by atoms with Gasteiger partial charge in [0.25, 0.3) is 11.5 Å². The number of aryl methyl sites for hydroxylation is 2. The van der Waals surface area contributed by atoms with Crippen molar-refractivity contribution in [2.45, 2.75) is 25.7 Å². The van der Waals surface area contributed by atoms with Gasteiger partial charge in [-0.05, 0) is 49.4 Å². The van der Waals surface area contributed by atoms with E-state index in [0.29, 0.717) is 17.2 Å². The first-order valence-corrected chi connectivity index (χ1v) is 7.67. The Morgan fingerprint density at radius 1 is 1.09 bits per heavy atom. The molecule has 0 atom stereocenters. The van der Waals surface area contributed by atoms with Crippen molar-refractivity contribution >= 4 is 11.6 Å². The van der Waals surface area contributed by atoms with Gasteiger partial charge in [0.2, 0.25) is 6.79 Å². The molecule has 2 heterocycles. The largest absolute Gasteiger partial charge is 0.454 e. The van der Waals surface area contributed by atoms with Crippen molar-refractivity contribution in [1.29, 1.82) is 0 Å². The number of hydrogen-bond donors (Lipinski definition) is 2. The maximum Gasteiger partial charge on any atom is 0.261 e. The number of benzene rings is 1. The van der Waals surface area contributed by atoms with E-state index >= 15 is 0 Å². The average molecular weight is 312 g/mol. The molecule has 1 aromatic heterocycles. The maximum absolute atomic E-state index is 12.4. The molecule has 0 bridgehead atoms. The Hall–Kier alpha value is -2.76. The zero-order valence-electron chi connectivity index (χ0n) is 12.5. The van der Waals surface area contributed by atoms with Crippen molar-refractivity contribution in [3.63, 3.8) is 0 Å². The Morgan fingerprint density at radius 2 is 1.91 bits per heavy atom. The van der Waals surface area contributed by atoms with Gasteiger partial charge in [0.1, 0.15) is 5.56 Å². The Labute approximate surface area is 132 Å². The van der Waals surface area contributed by atoms with Crippen LogP contribution in [-0.2, 0) is 12.8 Å². The molecule has 0 saturated carbocycles. The number of anilines is 1. The molecule has 4 rings (SSSR count). The van der Waals surface area contributed by atoms with E-state index in [1.807, 2.05) is 0 Å². The third-order valence-corrected chi connectivity index (χ3v) is 4.21. The van der Waals surface area contributed by atoms with Crippen molar-refractivity contribution in [2.24, 2.45) is 0 Å². The van der Waals surface area contributed by atoms with Crippen LogP contribution in [0, 0.1) is 0 Å². The standard InChI is InChI=1S/C17H16N2O4/c20-16(18-11-5-6-14-15(8-11)23-9-22-14)12-7-10-3-1-2-4-13(10)19-17(12)21/h5-8H,1-4,9H2,(H,18,20)(H,19,21). The Balaban J connectivity index is 1.61. The molecule has 2 aliphatic rings. The topological polar surface area (TPSA) is 80.4 Å². The zero-order chi connectivity index (χ0) is 15.8. The van der Waals surface area contributed by atoms with E-state index < -0.39 is 5.91 Å².